The van der Waals surface area contributed by atoms with E-state index in [1.807, 2.05) is 42.5 Å². The Hall–Kier alpha value is -2.34. The van der Waals surface area contributed by atoms with Gasteiger partial charge in [-0.15, -0.1) is 10.2 Å². The lowest BCUT2D eigenvalue weighted by Gasteiger charge is -2.14. The largest absolute Gasteiger partial charge is 0.493 e. The maximum atomic E-state index is 6.22. The Morgan fingerprint density at radius 3 is 1.86 bits per heavy atom. The van der Waals surface area contributed by atoms with Crippen LogP contribution in [0.5, 0.6) is 11.5 Å². The number of nitrogens with zero attached hydrogens (tertiary/aromatic N) is 2. The van der Waals surface area contributed by atoms with E-state index < -0.39 is 0 Å². The molecule has 0 N–H and O–H groups in total. The molecule has 196 valence electrons. The van der Waals surface area contributed by atoms with Gasteiger partial charge >= 0.3 is 0 Å². The molecule has 0 saturated carbocycles. The van der Waals surface area contributed by atoms with Crippen LogP contribution in [0.25, 0.3) is 22.9 Å². The van der Waals surface area contributed by atoms with Crippen molar-refractivity contribution in [3.63, 3.8) is 0 Å². The van der Waals surface area contributed by atoms with Crippen LogP contribution in [0.2, 0.25) is 0 Å². The molecule has 0 bridgehead atoms. The Kier molecular flexibility index (Phi) is 12.9. The summed E-state index contributed by atoms with van der Waals surface area (Å²) in [7, 11) is 0. The van der Waals surface area contributed by atoms with Gasteiger partial charge in [0.25, 0.3) is 5.89 Å². The first-order valence-electron chi connectivity index (χ1n) is 13.7. The summed E-state index contributed by atoms with van der Waals surface area (Å²) in [6, 6.07) is 13.7. The molecule has 0 fully saturated rings. The zero-order valence-corrected chi connectivity index (χ0v) is 23.5. The third-order valence-electron chi connectivity index (χ3n) is 6.22. The number of benzene rings is 2. The topological polar surface area (TPSA) is 57.4 Å². The van der Waals surface area contributed by atoms with Crippen molar-refractivity contribution in [2.24, 2.45) is 0 Å². The Balaban J connectivity index is 1.69. The average Bonchev–Trinajstić information content (AvgIpc) is 3.39. The van der Waals surface area contributed by atoms with Crippen LogP contribution in [0.3, 0.4) is 0 Å². The van der Waals surface area contributed by atoms with Crippen LogP contribution in [-0.2, 0) is 0 Å². The quantitative estimate of drug-likeness (QED) is 0.146. The van der Waals surface area contributed by atoms with E-state index in [1.165, 1.54) is 64.2 Å². The highest BCUT2D eigenvalue weighted by Crippen LogP contribution is 2.39. The molecule has 6 heteroatoms. The second-order valence-corrected chi connectivity index (χ2v) is 10.1. The Bertz CT molecular complexity index is 1010. The van der Waals surface area contributed by atoms with Crippen molar-refractivity contribution in [2.75, 3.05) is 13.2 Å². The average molecular weight is 558 g/mol. The maximum Gasteiger partial charge on any atom is 0.252 e. The molecule has 0 amide bonds. The predicted molar refractivity (Wildman–Crippen MR) is 151 cm³/mol. The van der Waals surface area contributed by atoms with Crippen LogP contribution in [0, 0.1) is 0 Å². The summed E-state index contributed by atoms with van der Waals surface area (Å²) in [6.45, 7) is 5.82. The summed E-state index contributed by atoms with van der Waals surface area (Å²) in [5, 5.41) is 8.62. The van der Waals surface area contributed by atoms with Crippen LogP contribution in [0.15, 0.2) is 51.4 Å². The Labute approximate surface area is 225 Å². The molecule has 2 aromatic carbocycles. The van der Waals surface area contributed by atoms with Crippen molar-refractivity contribution in [3.8, 4) is 34.4 Å². The van der Waals surface area contributed by atoms with Crippen LogP contribution < -0.4 is 9.47 Å². The Morgan fingerprint density at radius 1 is 0.667 bits per heavy atom. The molecule has 0 unspecified atom stereocenters. The molecule has 0 aliphatic heterocycles. The monoisotopic (exact) mass is 556 g/mol. The van der Waals surface area contributed by atoms with Gasteiger partial charge in [-0.1, -0.05) is 96.3 Å². The number of hydrogen-bond acceptors (Lipinski definition) is 5. The van der Waals surface area contributed by atoms with Gasteiger partial charge < -0.3 is 13.9 Å². The van der Waals surface area contributed by atoms with Crippen LogP contribution in [-0.4, -0.2) is 23.4 Å². The van der Waals surface area contributed by atoms with Crippen LogP contribution in [0.1, 0.15) is 90.9 Å². The number of aromatic nitrogens is 2. The van der Waals surface area contributed by atoms with Gasteiger partial charge in [-0.25, -0.2) is 0 Å². The number of hydrogen-bond donors (Lipinski definition) is 0. The molecule has 0 radical (unpaired) electrons. The second kappa shape index (κ2) is 16.4. The lowest BCUT2D eigenvalue weighted by atomic mass is 10.1. The summed E-state index contributed by atoms with van der Waals surface area (Å²) in [6.07, 6.45) is 14.7. The summed E-state index contributed by atoms with van der Waals surface area (Å²) < 4.78 is 19.3. The number of rotatable bonds is 18. The van der Waals surface area contributed by atoms with E-state index in [1.54, 1.807) is 0 Å². The van der Waals surface area contributed by atoms with E-state index in [2.05, 4.69) is 40.0 Å². The van der Waals surface area contributed by atoms with Crippen molar-refractivity contribution in [2.45, 2.75) is 90.9 Å². The van der Waals surface area contributed by atoms with Crippen LogP contribution in [0.4, 0.5) is 0 Å². The first kappa shape index (κ1) is 28.2. The molecule has 36 heavy (non-hydrogen) atoms. The summed E-state index contributed by atoms with van der Waals surface area (Å²) in [4.78, 5) is 0. The summed E-state index contributed by atoms with van der Waals surface area (Å²) in [5.41, 5.74) is 1.65. The smallest absolute Gasteiger partial charge is 0.252 e. The minimum absolute atomic E-state index is 0.434. The SMILES string of the molecule is CCCCCCCCOc1cc(-c2nnc(-c3ccccc3)o2)c(OCCCCCCCC)cc1Br. The molecular weight excluding hydrogens is 516 g/mol. The number of ether oxygens (including phenoxy) is 2. The fraction of sp³-hybridized carbons (Fsp3) is 0.533. The fourth-order valence-corrected chi connectivity index (χ4v) is 4.53. The zero-order valence-electron chi connectivity index (χ0n) is 21.9. The van der Waals surface area contributed by atoms with Gasteiger partial charge in [0, 0.05) is 5.56 Å². The second-order valence-electron chi connectivity index (χ2n) is 9.29. The summed E-state index contributed by atoms with van der Waals surface area (Å²) in [5.74, 6) is 2.42. The highest BCUT2D eigenvalue weighted by atomic mass is 79.9. The normalized spacial score (nSPS) is 11.1. The van der Waals surface area contributed by atoms with E-state index in [-0.39, 0.29) is 0 Å². The molecule has 3 aromatic rings. The van der Waals surface area contributed by atoms with Crippen molar-refractivity contribution >= 4 is 15.9 Å². The highest BCUT2D eigenvalue weighted by molar-refractivity contribution is 9.10. The third kappa shape index (κ3) is 9.27. The minimum atomic E-state index is 0.434. The van der Waals surface area contributed by atoms with Crippen molar-refractivity contribution in [1.29, 1.82) is 0 Å². The van der Waals surface area contributed by atoms with Gasteiger partial charge in [0.1, 0.15) is 11.5 Å². The van der Waals surface area contributed by atoms with Gasteiger partial charge in [0.05, 0.1) is 23.2 Å². The number of halogens is 1. The van der Waals surface area contributed by atoms with Gasteiger partial charge in [0.15, 0.2) is 0 Å². The Morgan fingerprint density at radius 2 is 1.22 bits per heavy atom. The third-order valence-corrected chi connectivity index (χ3v) is 6.84. The molecular formula is C30H41BrN2O3. The minimum Gasteiger partial charge on any atom is -0.493 e. The lowest BCUT2D eigenvalue weighted by molar-refractivity contribution is 0.295. The first-order chi connectivity index (χ1) is 17.7. The zero-order chi connectivity index (χ0) is 25.4. The van der Waals surface area contributed by atoms with Gasteiger partial charge in [0.2, 0.25) is 5.89 Å². The van der Waals surface area contributed by atoms with Gasteiger partial charge in [-0.05, 0) is 53.0 Å². The molecule has 5 nitrogen and oxygen atoms in total. The highest BCUT2D eigenvalue weighted by Gasteiger charge is 2.19. The fourth-order valence-electron chi connectivity index (χ4n) is 4.09. The molecule has 1 heterocycles. The molecule has 0 atom stereocenters. The van der Waals surface area contributed by atoms with Crippen molar-refractivity contribution in [1.82, 2.24) is 10.2 Å². The van der Waals surface area contributed by atoms with Crippen LogP contribution >= 0.6 is 15.9 Å². The first-order valence-corrected chi connectivity index (χ1v) is 14.5. The molecule has 1 aromatic heterocycles. The van der Waals surface area contributed by atoms with E-state index in [0.29, 0.717) is 25.0 Å². The van der Waals surface area contributed by atoms with E-state index in [4.69, 9.17) is 13.9 Å². The molecule has 0 saturated heterocycles. The van der Waals surface area contributed by atoms with E-state index in [9.17, 15) is 0 Å². The summed E-state index contributed by atoms with van der Waals surface area (Å²) >= 11 is 3.68. The maximum absolute atomic E-state index is 6.22. The van der Waals surface area contributed by atoms with Crippen molar-refractivity contribution in [3.05, 3.63) is 46.9 Å². The molecule has 0 spiro atoms. The lowest BCUT2D eigenvalue weighted by Crippen LogP contribution is -2.02. The van der Waals surface area contributed by atoms with Crippen molar-refractivity contribution < 1.29 is 13.9 Å². The van der Waals surface area contributed by atoms with E-state index in [0.717, 1.165) is 39.9 Å². The predicted octanol–water partition coefficient (Wildman–Crippen LogP) is 9.64. The molecule has 3 rings (SSSR count). The molecule has 0 aliphatic carbocycles. The van der Waals surface area contributed by atoms with E-state index >= 15 is 0 Å². The molecule has 0 aliphatic rings. The number of unbranched alkanes of at least 4 members (excludes halogenated alkanes) is 10. The van der Waals surface area contributed by atoms with Gasteiger partial charge in [-0.2, -0.15) is 0 Å². The van der Waals surface area contributed by atoms with Gasteiger partial charge in [-0.3, -0.25) is 0 Å². The standard InChI is InChI=1S/C30H41BrN2O3/c1-3-5-7-9-11-16-20-34-27-23-26(31)28(35-21-17-12-10-8-6-4-2)22-25(27)30-33-32-29(36-30)24-18-14-13-15-19-24/h13-15,18-19,22-23H,3-12,16-17,20-21H2,1-2H3.